The highest BCUT2D eigenvalue weighted by Gasteiger charge is 2.43. The number of benzene rings is 1. The molecule has 0 aliphatic heterocycles. The van der Waals surface area contributed by atoms with Crippen molar-refractivity contribution in [2.75, 3.05) is 16.8 Å². The second kappa shape index (κ2) is 7.18. The molecule has 2 rings (SSSR count). The number of rotatable bonds is 8. The topological polar surface area (TPSA) is 66.4 Å². The van der Waals surface area contributed by atoms with Crippen molar-refractivity contribution in [2.24, 2.45) is 5.41 Å². The van der Waals surface area contributed by atoms with E-state index in [1.54, 1.807) is 36.0 Å². The number of hydrogen-bond acceptors (Lipinski definition) is 3. The summed E-state index contributed by atoms with van der Waals surface area (Å²) < 4.78 is 0. The fourth-order valence-corrected chi connectivity index (χ4v) is 3.60. The zero-order valence-electron chi connectivity index (χ0n) is 11.6. The number of carboxylic acids is 1. The van der Waals surface area contributed by atoms with Crippen LogP contribution < -0.4 is 5.32 Å². The zero-order chi connectivity index (χ0) is 15.3. The van der Waals surface area contributed by atoms with Crippen LogP contribution in [0.5, 0.6) is 0 Å². The van der Waals surface area contributed by atoms with Crippen LogP contribution >= 0.6 is 23.4 Å². The Morgan fingerprint density at radius 3 is 2.76 bits per heavy atom. The Hall–Kier alpha value is -1.20. The lowest BCUT2D eigenvalue weighted by atomic mass is 10.1. The molecule has 0 radical (unpaired) electrons. The van der Waals surface area contributed by atoms with Gasteiger partial charge in [-0.25, -0.2) is 0 Å². The van der Waals surface area contributed by atoms with E-state index >= 15 is 0 Å². The van der Waals surface area contributed by atoms with E-state index < -0.39 is 5.97 Å². The largest absolute Gasteiger partial charge is 0.481 e. The van der Waals surface area contributed by atoms with Gasteiger partial charge in [-0.05, 0) is 42.2 Å². The van der Waals surface area contributed by atoms with Crippen LogP contribution in [0.1, 0.15) is 25.7 Å². The number of carboxylic acid groups (broad SMARTS) is 1. The van der Waals surface area contributed by atoms with E-state index in [-0.39, 0.29) is 17.7 Å². The van der Waals surface area contributed by atoms with Gasteiger partial charge in [-0.3, -0.25) is 9.59 Å². The minimum absolute atomic E-state index is 0.0140. The monoisotopic (exact) mass is 327 g/mol. The molecule has 0 bridgehead atoms. The summed E-state index contributed by atoms with van der Waals surface area (Å²) in [6.07, 6.45) is 2.64. The van der Waals surface area contributed by atoms with Gasteiger partial charge in [-0.15, -0.1) is 0 Å². The summed E-state index contributed by atoms with van der Waals surface area (Å²) in [5.41, 5.74) is 0.682. The lowest BCUT2D eigenvalue weighted by Gasteiger charge is -2.11. The van der Waals surface area contributed by atoms with E-state index in [9.17, 15) is 9.59 Å². The van der Waals surface area contributed by atoms with E-state index in [1.807, 2.05) is 0 Å². The molecule has 1 saturated carbocycles. The van der Waals surface area contributed by atoms with Crippen molar-refractivity contribution in [3.05, 3.63) is 29.3 Å². The summed E-state index contributed by atoms with van der Waals surface area (Å²) in [6.45, 7) is 0. The van der Waals surface area contributed by atoms with Crippen LogP contribution in [-0.2, 0) is 9.59 Å². The molecule has 1 amide bonds. The molecule has 6 heteroatoms. The van der Waals surface area contributed by atoms with Crippen molar-refractivity contribution in [2.45, 2.75) is 25.7 Å². The molecule has 0 heterocycles. The van der Waals surface area contributed by atoms with E-state index in [0.717, 1.165) is 18.6 Å². The molecule has 1 fully saturated rings. The number of anilines is 1. The van der Waals surface area contributed by atoms with E-state index in [2.05, 4.69) is 5.32 Å². The Morgan fingerprint density at radius 1 is 1.38 bits per heavy atom. The Bertz CT molecular complexity index is 531. The maximum Gasteiger partial charge on any atom is 0.303 e. The van der Waals surface area contributed by atoms with Gasteiger partial charge in [0.2, 0.25) is 5.91 Å². The predicted molar refractivity (Wildman–Crippen MR) is 85.9 cm³/mol. The normalized spacial score (nSPS) is 15.5. The van der Waals surface area contributed by atoms with E-state index in [4.69, 9.17) is 16.7 Å². The maximum absolute atomic E-state index is 11.8. The third kappa shape index (κ3) is 5.59. The number of hydrogen-bond donors (Lipinski definition) is 2. The fourth-order valence-electron chi connectivity index (χ4n) is 2.11. The summed E-state index contributed by atoms with van der Waals surface area (Å²) >= 11 is 7.51. The van der Waals surface area contributed by atoms with Crippen molar-refractivity contribution < 1.29 is 14.7 Å². The van der Waals surface area contributed by atoms with Crippen molar-refractivity contribution in [1.29, 1.82) is 0 Å². The van der Waals surface area contributed by atoms with Gasteiger partial charge in [0.25, 0.3) is 0 Å². The molecular formula is C15H18ClNO3S. The van der Waals surface area contributed by atoms with Crippen LogP contribution in [0.15, 0.2) is 24.3 Å². The number of carbonyl (C=O) groups is 2. The molecule has 2 N–H and O–H groups in total. The lowest BCUT2D eigenvalue weighted by Crippen LogP contribution is -2.14. The quantitative estimate of drug-likeness (QED) is 0.715. The number of aliphatic carboxylic acids is 1. The van der Waals surface area contributed by atoms with Crippen molar-refractivity contribution in [3.63, 3.8) is 0 Å². The highest BCUT2D eigenvalue weighted by molar-refractivity contribution is 7.99. The van der Waals surface area contributed by atoms with Gasteiger partial charge in [0.05, 0.1) is 6.42 Å². The van der Waals surface area contributed by atoms with Gasteiger partial charge < -0.3 is 10.4 Å². The first-order valence-corrected chi connectivity index (χ1v) is 8.37. The average molecular weight is 328 g/mol. The lowest BCUT2D eigenvalue weighted by molar-refractivity contribution is -0.138. The van der Waals surface area contributed by atoms with Crippen molar-refractivity contribution in [3.8, 4) is 0 Å². The van der Waals surface area contributed by atoms with Crippen LogP contribution in [0.2, 0.25) is 5.02 Å². The Kier molecular flexibility index (Phi) is 5.53. The molecule has 114 valence electrons. The molecule has 1 aliphatic rings. The maximum atomic E-state index is 11.8. The van der Waals surface area contributed by atoms with Crippen LogP contribution in [0.4, 0.5) is 5.69 Å². The standard InChI is InChI=1S/C15H18ClNO3S/c16-11-2-1-3-12(8-11)17-13(18)4-7-21-10-15(5-6-15)9-14(19)20/h1-3,8H,4-7,9-10H2,(H,17,18)(H,19,20). The molecule has 1 aromatic carbocycles. The second-order valence-corrected chi connectivity index (χ2v) is 6.97. The molecule has 21 heavy (non-hydrogen) atoms. The molecule has 0 unspecified atom stereocenters. The molecule has 1 aromatic rings. The van der Waals surface area contributed by atoms with Gasteiger partial charge in [-0.1, -0.05) is 17.7 Å². The third-order valence-electron chi connectivity index (χ3n) is 3.47. The first-order chi connectivity index (χ1) is 9.99. The van der Waals surface area contributed by atoms with Gasteiger partial charge in [0.15, 0.2) is 0 Å². The van der Waals surface area contributed by atoms with E-state index in [0.29, 0.717) is 22.9 Å². The number of nitrogens with one attached hydrogen (secondary N) is 1. The SMILES string of the molecule is O=C(O)CC1(CSCCC(=O)Nc2cccc(Cl)c2)CC1. The first-order valence-electron chi connectivity index (χ1n) is 6.84. The predicted octanol–water partition coefficient (Wildman–Crippen LogP) is 3.66. The molecule has 0 aromatic heterocycles. The van der Waals surface area contributed by atoms with Crippen LogP contribution in [0.25, 0.3) is 0 Å². The van der Waals surface area contributed by atoms with E-state index in [1.165, 1.54) is 0 Å². The highest BCUT2D eigenvalue weighted by atomic mass is 35.5. The Labute approximate surface area is 133 Å². The van der Waals surface area contributed by atoms with Crippen LogP contribution in [0, 0.1) is 5.41 Å². The van der Waals surface area contributed by atoms with Crippen LogP contribution in [-0.4, -0.2) is 28.5 Å². The average Bonchev–Trinajstić information content (AvgIpc) is 3.14. The number of halogens is 1. The van der Waals surface area contributed by atoms with Gasteiger partial charge in [0, 0.05) is 22.9 Å². The molecule has 4 nitrogen and oxygen atoms in total. The summed E-state index contributed by atoms with van der Waals surface area (Å²) in [5.74, 6) is 0.747. The van der Waals surface area contributed by atoms with Crippen LogP contribution in [0.3, 0.4) is 0 Å². The first kappa shape index (κ1) is 16.2. The third-order valence-corrected chi connectivity index (χ3v) is 5.02. The molecular weight excluding hydrogens is 310 g/mol. The Morgan fingerprint density at radius 2 is 2.14 bits per heavy atom. The molecule has 1 aliphatic carbocycles. The molecule has 0 atom stereocenters. The number of thioether (sulfide) groups is 1. The Balaban J connectivity index is 1.65. The smallest absolute Gasteiger partial charge is 0.303 e. The summed E-state index contributed by atoms with van der Waals surface area (Å²) in [5, 5.41) is 12.2. The zero-order valence-corrected chi connectivity index (χ0v) is 13.2. The van der Waals surface area contributed by atoms with Gasteiger partial charge in [-0.2, -0.15) is 11.8 Å². The van der Waals surface area contributed by atoms with Crippen molar-refractivity contribution >= 4 is 40.9 Å². The fraction of sp³-hybridized carbons (Fsp3) is 0.467. The minimum atomic E-state index is -0.730. The summed E-state index contributed by atoms with van der Waals surface area (Å²) in [7, 11) is 0. The summed E-state index contributed by atoms with van der Waals surface area (Å²) in [6, 6.07) is 7.04. The second-order valence-electron chi connectivity index (χ2n) is 5.43. The minimum Gasteiger partial charge on any atom is -0.481 e. The van der Waals surface area contributed by atoms with Crippen molar-refractivity contribution in [1.82, 2.24) is 0 Å². The summed E-state index contributed by atoms with van der Waals surface area (Å²) in [4.78, 5) is 22.5. The molecule has 0 saturated heterocycles. The van der Waals surface area contributed by atoms with Gasteiger partial charge in [0.1, 0.15) is 0 Å². The van der Waals surface area contributed by atoms with Gasteiger partial charge >= 0.3 is 5.97 Å². The molecule has 0 spiro atoms. The number of amides is 1. The highest BCUT2D eigenvalue weighted by Crippen LogP contribution is 2.51. The number of carbonyl (C=O) groups excluding carboxylic acids is 1.